The maximum Gasteiger partial charge on any atom is 0.343 e. The minimum absolute atomic E-state index is 0.0497. The lowest BCUT2D eigenvalue weighted by molar-refractivity contribution is -0.142. The zero-order valence-corrected chi connectivity index (χ0v) is 11.4. The normalized spacial score (nSPS) is 15.8. The standard InChI is InChI=1S/C15H21NO3/c1-18-15(17)11-19-14-9-7-13(8-10-14)16-12-5-3-2-4-6-12/h7-10,12,16H,2-6,11H2,1H3. The lowest BCUT2D eigenvalue weighted by Crippen LogP contribution is -2.22. The molecule has 19 heavy (non-hydrogen) atoms. The topological polar surface area (TPSA) is 47.6 Å². The summed E-state index contributed by atoms with van der Waals surface area (Å²) < 4.78 is 9.82. The molecule has 0 radical (unpaired) electrons. The molecule has 0 aliphatic heterocycles. The van der Waals surface area contributed by atoms with Gasteiger partial charge in [0, 0.05) is 11.7 Å². The highest BCUT2D eigenvalue weighted by Gasteiger charge is 2.12. The van der Waals surface area contributed by atoms with Crippen LogP contribution in [0.15, 0.2) is 24.3 Å². The third kappa shape index (κ3) is 4.47. The fourth-order valence-corrected chi connectivity index (χ4v) is 2.33. The second-order valence-electron chi connectivity index (χ2n) is 4.87. The molecule has 0 heterocycles. The van der Waals surface area contributed by atoms with Gasteiger partial charge in [0.05, 0.1) is 7.11 Å². The molecule has 1 aromatic carbocycles. The van der Waals surface area contributed by atoms with E-state index in [0.29, 0.717) is 11.8 Å². The third-order valence-corrected chi connectivity index (χ3v) is 3.41. The van der Waals surface area contributed by atoms with Gasteiger partial charge < -0.3 is 14.8 Å². The van der Waals surface area contributed by atoms with E-state index in [1.54, 1.807) is 0 Å². The van der Waals surface area contributed by atoms with Crippen molar-refractivity contribution in [2.45, 2.75) is 38.1 Å². The lowest BCUT2D eigenvalue weighted by Gasteiger charge is -2.23. The van der Waals surface area contributed by atoms with Gasteiger partial charge in [-0.05, 0) is 37.1 Å². The van der Waals surface area contributed by atoms with Crippen LogP contribution in [0.3, 0.4) is 0 Å². The molecule has 4 nitrogen and oxygen atoms in total. The Morgan fingerprint density at radius 3 is 2.53 bits per heavy atom. The summed E-state index contributed by atoms with van der Waals surface area (Å²) in [6, 6.07) is 8.31. The van der Waals surface area contributed by atoms with Gasteiger partial charge in [-0.3, -0.25) is 0 Å². The number of benzene rings is 1. The van der Waals surface area contributed by atoms with Crippen LogP contribution in [-0.4, -0.2) is 25.7 Å². The molecule has 1 aliphatic carbocycles. The molecule has 0 atom stereocenters. The van der Waals surface area contributed by atoms with Crippen molar-refractivity contribution >= 4 is 11.7 Å². The Bertz CT molecular complexity index is 396. The summed E-state index contributed by atoms with van der Waals surface area (Å²) in [4.78, 5) is 11.0. The van der Waals surface area contributed by atoms with E-state index in [4.69, 9.17) is 4.74 Å². The maximum absolute atomic E-state index is 11.0. The van der Waals surface area contributed by atoms with Crippen molar-refractivity contribution in [3.63, 3.8) is 0 Å². The predicted octanol–water partition coefficient (Wildman–Crippen LogP) is 2.98. The van der Waals surface area contributed by atoms with Gasteiger partial charge in [-0.15, -0.1) is 0 Å². The molecule has 0 unspecified atom stereocenters. The van der Waals surface area contributed by atoms with Crippen LogP contribution in [-0.2, 0) is 9.53 Å². The quantitative estimate of drug-likeness (QED) is 0.830. The molecule has 1 aromatic rings. The number of nitrogens with one attached hydrogen (secondary N) is 1. The van der Waals surface area contributed by atoms with Gasteiger partial charge in [0.2, 0.25) is 0 Å². The van der Waals surface area contributed by atoms with Crippen LogP contribution in [0.25, 0.3) is 0 Å². The summed E-state index contributed by atoms with van der Waals surface area (Å²) in [5.74, 6) is 0.309. The highest BCUT2D eigenvalue weighted by molar-refractivity contribution is 5.70. The molecule has 4 heteroatoms. The van der Waals surface area contributed by atoms with Gasteiger partial charge in [0.25, 0.3) is 0 Å². The number of hydrogen-bond donors (Lipinski definition) is 1. The van der Waals surface area contributed by atoms with Crippen LogP contribution in [0.5, 0.6) is 5.75 Å². The van der Waals surface area contributed by atoms with Crippen molar-refractivity contribution in [2.24, 2.45) is 0 Å². The molecule has 1 N–H and O–H groups in total. The Hall–Kier alpha value is -1.71. The van der Waals surface area contributed by atoms with E-state index in [2.05, 4.69) is 10.1 Å². The van der Waals surface area contributed by atoms with E-state index in [1.165, 1.54) is 39.2 Å². The van der Waals surface area contributed by atoms with Crippen molar-refractivity contribution in [3.05, 3.63) is 24.3 Å². The summed E-state index contributed by atoms with van der Waals surface area (Å²) >= 11 is 0. The van der Waals surface area contributed by atoms with Crippen LogP contribution in [0.4, 0.5) is 5.69 Å². The number of anilines is 1. The largest absolute Gasteiger partial charge is 0.482 e. The zero-order chi connectivity index (χ0) is 13.5. The SMILES string of the molecule is COC(=O)COc1ccc(NC2CCCCC2)cc1. The molecule has 0 saturated heterocycles. The van der Waals surface area contributed by atoms with E-state index < -0.39 is 0 Å². The number of carbonyl (C=O) groups excluding carboxylic acids is 1. The molecule has 0 amide bonds. The molecule has 1 aliphatic rings. The van der Waals surface area contributed by atoms with Crippen LogP contribution < -0.4 is 10.1 Å². The number of carbonyl (C=O) groups is 1. The highest BCUT2D eigenvalue weighted by Crippen LogP contribution is 2.23. The minimum atomic E-state index is -0.371. The number of ether oxygens (including phenoxy) is 2. The van der Waals surface area contributed by atoms with E-state index in [9.17, 15) is 4.79 Å². The minimum Gasteiger partial charge on any atom is -0.482 e. The number of esters is 1. The van der Waals surface area contributed by atoms with Gasteiger partial charge in [-0.1, -0.05) is 19.3 Å². The first-order valence-electron chi connectivity index (χ1n) is 6.84. The average molecular weight is 263 g/mol. The Kier molecular flexibility index (Phi) is 5.07. The van der Waals surface area contributed by atoms with E-state index in [1.807, 2.05) is 24.3 Å². The Balaban J connectivity index is 1.82. The maximum atomic E-state index is 11.0. The molecule has 1 saturated carbocycles. The summed E-state index contributed by atoms with van der Waals surface area (Å²) in [7, 11) is 1.35. The predicted molar refractivity (Wildman–Crippen MR) is 74.4 cm³/mol. The number of hydrogen-bond acceptors (Lipinski definition) is 4. The third-order valence-electron chi connectivity index (χ3n) is 3.41. The zero-order valence-electron chi connectivity index (χ0n) is 11.4. The fraction of sp³-hybridized carbons (Fsp3) is 0.533. The fourth-order valence-electron chi connectivity index (χ4n) is 2.33. The molecule has 0 spiro atoms. The van der Waals surface area contributed by atoms with E-state index >= 15 is 0 Å². The van der Waals surface area contributed by atoms with Gasteiger partial charge in [0.15, 0.2) is 6.61 Å². The second-order valence-corrected chi connectivity index (χ2v) is 4.87. The Morgan fingerprint density at radius 2 is 1.89 bits per heavy atom. The molecular formula is C15H21NO3. The van der Waals surface area contributed by atoms with Crippen LogP contribution in [0, 0.1) is 0 Å². The smallest absolute Gasteiger partial charge is 0.343 e. The van der Waals surface area contributed by atoms with E-state index in [-0.39, 0.29) is 12.6 Å². The molecule has 104 valence electrons. The molecule has 2 rings (SSSR count). The van der Waals surface area contributed by atoms with Crippen molar-refractivity contribution in [1.29, 1.82) is 0 Å². The molecule has 0 bridgehead atoms. The van der Waals surface area contributed by atoms with Gasteiger partial charge in [0.1, 0.15) is 5.75 Å². The van der Waals surface area contributed by atoms with Crippen molar-refractivity contribution in [1.82, 2.24) is 0 Å². The molecular weight excluding hydrogens is 242 g/mol. The van der Waals surface area contributed by atoms with Gasteiger partial charge in [-0.2, -0.15) is 0 Å². The summed E-state index contributed by atoms with van der Waals surface area (Å²) in [6.07, 6.45) is 6.50. The van der Waals surface area contributed by atoms with Gasteiger partial charge >= 0.3 is 5.97 Å². The average Bonchev–Trinajstić information content (AvgIpc) is 2.47. The van der Waals surface area contributed by atoms with Crippen LogP contribution in [0.2, 0.25) is 0 Å². The van der Waals surface area contributed by atoms with Crippen LogP contribution >= 0.6 is 0 Å². The van der Waals surface area contributed by atoms with Crippen LogP contribution in [0.1, 0.15) is 32.1 Å². The van der Waals surface area contributed by atoms with E-state index in [0.717, 1.165) is 5.69 Å². The van der Waals surface area contributed by atoms with Crippen molar-refractivity contribution in [2.75, 3.05) is 19.0 Å². The first kappa shape index (κ1) is 13.7. The highest BCUT2D eigenvalue weighted by atomic mass is 16.6. The first-order valence-corrected chi connectivity index (χ1v) is 6.84. The Labute approximate surface area is 114 Å². The monoisotopic (exact) mass is 263 g/mol. The second kappa shape index (κ2) is 7.02. The first-order chi connectivity index (χ1) is 9.28. The number of methoxy groups -OCH3 is 1. The molecule has 0 aromatic heterocycles. The number of rotatable bonds is 5. The molecule has 1 fully saturated rings. The lowest BCUT2D eigenvalue weighted by atomic mass is 9.95. The van der Waals surface area contributed by atoms with Crippen molar-refractivity contribution in [3.8, 4) is 5.75 Å². The summed E-state index contributed by atoms with van der Waals surface area (Å²) in [5, 5.41) is 3.54. The summed E-state index contributed by atoms with van der Waals surface area (Å²) in [5.41, 5.74) is 1.11. The Morgan fingerprint density at radius 1 is 1.21 bits per heavy atom. The van der Waals surface area contributed by atoms with Gasteiger partial charge in [-0.25, -0.2) is 4.79 Å². The van der Waals surface area contributed by atoms with Crippen molar-refractivity contribution < 1.29 is 14.3 Å². The summed E-state index contributed by atoms with van der Waals surface area (Å²) in [6.45, 7) is -0.0497.